The molecular weight excluding hydrogens is 908 g/mol. The molecule has 2 heterocycles. The van der Waals surface area contributed by atoms with Gasteiger partial charge in [0.15, 0.2) is 0 Å². The van der Waals surface area contributed by atoms with Crippen molar-refractivity contribution in [2.24, 2.45) is 0 Å². The van der Waals surface area contributed by atoms with Gasteiger partial charge in [0.05, 0.1) is 22.3 Å². The van der Waals surface area contributed by atoms with Crippen molar-refractivity contribution in [1.29, 1.82) is 0 Å². The molecular formula is C55H53ClN6O8. The monoisotopic (exact) mass is 960 g/mol. The summed E-state index contributed by atoms with van der Waals surface area (Å²) in [5.74, 6) is -1.16. The van der Waals surface area contributed by atoms with E-state index in [1.54, 1.807) is 12.1 Å². The van der Waals surface area contributed by atoms with E-state index in [4.69, 9.17) is 18.6 Å². The number of rotatable bonds is 12. The highest BCUT2D eigenvalue weighted by atomic mass is 35.7. The fraction of sp³-hybridized carbons (Fsp3) is 0.182. The third-order valence-corrected chi connectivity index (χ3v) is 12.3. The molecule has 2 aliphatic heterocycles. The van der Waals surface area contributed by atoms with E-state index >= 15 is 0 Å². The van der Waals surface area contributed by atoms with Crippen molar-refractivity contribution in [3.8, 4) is 0 Å². The Morgan fingerprint density at radius 3 is 1.61 bits per heavy atom. The van der Waals surface area contributed by atoms with E-state index in [2.05, 4.69) is 136 Å². The van der Waals surface area contributed by atoms with Gasteiger partial charge in [-0.3, -0.25) is 29.0 Å². The van der Waals surface area contributed by atoms with Crippen LogP contribution >= 0.6 is 0 Å². The molecule has 358 valence electrons. The van der Waals surface area contributed by atoms with Gasteiger partial charge in [0, 0.05) is 101 Å². The van der Waals surface area contributed by atoms with Crippen LogP contribution in [0, 0.1) is 10.2 Å². The zero-order valence-corrected chi connectivity index (χ0v) is 40.9. The van der Waals surface area contributed by atoms with Gasteiger partial charge in [-0.05, 0) is 108 Å². The van der Waals surface area contributed by atoms with Crippen LogP contribution in [-0.4, -0.2) is 99.1 Å². The maximum absolute atomic E-state index is 13.1. The van der Waals surface area contributed by atoms with Gasteiger partial charge in [0.2, 0.25) is 11.4 Å². The predicted molar refractivity (Wildman–Crippen MR) is 263 cm³/mol. The van der Waals surface area contributed by atoms with Gasteiger partial charge in [-0.1, -0.05) is 60.7 Å². The number of para-hydroxylation sites is 1. The van der Waals surface area contributed by atoms with Crippen LogP contribution in [0.4, 0.5) is 28.4 Å². The molecule has 0 aromatic heterocycles. The number of halogens is 1. The summed E-state index contributed by atoms with van der Waals surface area (Å²) in [6.07, 6.45) is 14.9. The number of carbonyl (C=O) groups excluding carboxylic acids is 4. The smallest absolute Gasteiger partial charge is 0.261 e. The van der Waals surface area contributed by atoms with Crippen LogP contribution in [0.2, 0.25) is 0 Å². The standard InChI is InChI=1S/C55H53N6O4.ClHO4/c1-9-60(42-30-32-47-49(34-42)54(64)58(7)52(47)62)41-28-22-37(23-29-41)44(36-18-24-39(25-19-36)56(3)4)15-13-16-45(38-20-26-40(27-21-38)57(5)6)46-14-11-12-17-51(46)61(10-2)43-31-33-48-50(35-43)55(65)59(8)53(48)63;2-1(3,4)5/h11-35H,9-10H2,1-8H3;(H,2,3,4,5)/q+1;/p-1. The van der Waals surface area contributed by atoms with Crippen molar-refractivity contribution < 1.29 is 52.6 Å². The number of benzene rings is 5. The molecule has 5 aromatic carbocycles. The molecule has 1 aliphatic carbocycles. The first-order valence-corrected chi connectivity index (χ1v) is 23.6. The van der Waals surface area contributed by atoms with E-state index in [-0.39, 0.29) is 23.6 Å². The zero-order valence-electron chi connectivity index (χ0n) is 40.2. The lowest BCUT2D eigenvalue weighted by atomic mass is 9.93. The van der Waals surface area contributed by atoms with Gasteiger partial charge in [-0.15, -0.1) is 10.2 Å². The number of imide groups is 2. The number of fused-ring (bicyclic) bond motifs is 2. The second kappa shape index (κ2) is 20.9. The second-order valence-electron chi connectivity index (χ2n) is 17.0. The molecule has 0 saturated carbocycles. The zero-order chi connectivity index (χ0) is 50.6. The summed E-state index contributed by atoms with van der Waals surface area (Å²) in [5.41, 5.74) is 13.6. The maximum atomic E-state index is 13.1. The van der Waals surface area contributed by atoms with E-state index in [0.717, 1.165) is 72.5 Å². The first-order valence-electron chi connectivity index (χ1n) is 22.4. The molecule has 0 fully saturated rings. The minimum Gasteiger partial charge on any atom is -0.378 e. The summed E-state index contributed by atoms with van der Waals surface area (Å²) in [7, 11) is 6.21. The van der Waals surface area contributed by atoms with Gasteiger partial charge in [-0.25, -0.2) is 18.6 Å². The fourth-order valence-corrected chi connectivity index (χ4v) is 8.62. The lowest BCUT2D eigenvalue weighted by Crippen LogP contribution is -2.68. The van der Waals surface area contributed by atoms with Crippen molar-refractivity contribution in [2.45, 2.75) is 13.8 Å². The lowest BCUT2D eigenvalue weighted by Gasteiger charge is -2.27. The van der Waals surface area contributed by atoms with Crippen LogP contribution in [-0.2, 0) is 0 Å². The molecule has 0 N–H and O–H groups in total. The summed E-state index contributed by atoms with van der Waals surface area (Å²) in [6, 6.07) is 36.3. The normalized spacial score (nSPS) is 14.3. The van der Waals surface area contributed by atoms with Crippen molar-refractivity contribution >= 4 is 68.9 Å². The van der Waals surface area contributed by atoms with Gasteiger partial charge >= 0.3 is 0 Å². The number of carbonyl (C=O) groups is 4. The number of hydrogen-bond acceptors (Lipinski definition) is 11. The highest BCUT2D eigenvalue weighted by Gasteiger charge is 2.35. The quantitative estimate of drug-likeness (QED) is 0.0929. The minimum atomic E-state index is -4.94. The van der Waals surface area contributed by atoms with E-state index < -0.39 is 10.2 Å². The Labute approximate surface area is 410 Å². The lowest BCUT2D eigenvalue weighted by molar-refractivity contribution is -2.00. The van der Waals surface area contributed by atoms with E-state index in [9.17, 15) is 19.2 Å². The minimum absolute atomic E-state index is 0.281. The molecule has 15 heteroatoms. The fourth-order valence-electron chi connectivity index (χ4n) is 8.62. The Hall–Kier alpha value is -7.72. The molecule has 8 rings (SSSR count). The van der Waals surface area contributed by atoms with Crippen molar-refractivity contribution in [3.63, 3.8) is 0 Å². The average Bonchev–Trinajstić information content (AvgIpc) is 3.69. The first kappa shape index (κ1) is 50.2. The Morgan fingerprint density at radius 1 is 0.600 bits per heavy atom. The van der Waals surface area contributed by atoms with Gasteiger partial charge in [0.25, 0.3) is 23.6 Å². The van der Waals surface area contributed by atoms with E-state index in [0.29, 0.717) is 35.3 Å². The van der Waals surface area contributed by atoms with Crippen LogP contribution in [0.1, 0.15) is 72.0 Å². The molecule has 0 saturated heterocycles. The van der Waals surface area contributed by atoms with Crippen molar-refractivity contribution in [1.82, 2.24) is 9.80 Å². The predicted octanol–water partition coefficient (Wildman–Crippen LogP) is 5.05. The van der Waals surface area contributed by atoms with Crippen LogP contribution in [0.15, 0.2) is 157 Å². The summed E-state index contributed by atoms with van der Waals surface area (Å²) < 4.78 is 36.1. The summed E-state index contributed by atoms with van der Waals surface area (Å²) >= 11 is 0. The molecule has 0 radical (unpaired) electrons. The summed E-state index contributed by atoms with van der Waals surface area (Å²) in [6.45, 7) is 5.42. The van der Waals surface area contributed by atoms with Crippen molar-refractivity contribution in [2.75, 3.05) is 70.1 Å². The SMILES string of the molecule is CCN(c1ccc2c(c1)C(=O)N(C)C2=O)c1ccccc1C(=CC=CC(=C1C=CC(=[N+](CC)c2ccc3c(c2)C(=O)N(C)C3=O)C=C1)c1ccc(N(C)C)cc1)c1ccc(N(C)C)cc1.[O-][Cl+3]([O-])([O-])[O-]. The molecule has 70 heavy (non-hydrogen) atoms. The summed E-state index contributed by atoms with van der Waals surface area (Å²) in [5, 5.41) is 0. The molecule has 5 aromatic rings. The third-order valence-electron chi connectivity index (χ3n) is 12.3. The van der Waals surface area contributed by atoms with Crippen LogP contribution in [0.25, 0.3) is 11.1 Å². The van der Waals surface area contributed by atoms with Gasteiger partial charge in [-0.2, -0.15) is 4.58 Å². The van der Waals surface area contributed by atoms with Gasteiger partial charge < -0.3 is 14.7 Å². The molecule has 0 spiro atoms. The summed E-state index contributed by atoms with van der Waals surface area (Å²) in [4.78, 5) is 60.0. The molecule has 0 unspecified atom stereocenters. The molecule has 14 nitrogen and oxygen atoms in total. The Balaban J connectivity index is 0.00000137. The van der Waals surface area contributed by atoms with E-state index in [1.165, 1.54) is 19.0 Å². The maximum Gasteiger partial charge on any atom is 0.261 e. The molecule has 3 aliphatic rings. The average molecular weight is 962 g/mol. The number of allylic oxidation sites excluding steroid dienone is 9. The number of anilines is 4. The first-order chi connectivity index (χ1) is 33.3. The topological polar surface area (TPSA) is 180 Å². The van der Waals surface area contributed by atoms with Crippen LogP contribution in [0.5, 0.6) is 0 Å². The Kier molecular flexibility index (Phi) is 15.0. The van der Waals surface area contributed by atoms with Crippen LogP contribution < -0.4 is 33.3 Å². The van der Waals surface area contributed by atoms with Gasteiger partial charge in [0.1, 0.15) is 6.54 Å². The molecule has 0 atom stereocenters. The third kappa shape index (κ3) is 10.6. The Bertz CT molecular complexity index is 3050. The van der Waals surface area contributed by atoms with E-state index in [1.807, 2.05) is 64.6 Å². The number of nitrogens with zero attached hydrogens (tertiary/aromatic N) is 6. The van der Waals surface area contributed by atoms with Crippen molar-refractivity contribution in [3.05, 3.63) is 196 Å². The number of hydrogen-bond donors (Lipinski definition) is 0. The Morgan fingerprint density at radius 2 is 1.09 bits per heavy atom. The largest absolute Gasteiger partial charge is 0.378 e. The highest BCUT2D eigenvalue weighted by Crippen LogP contribution is 2.38. The second-order valence-corrected chi connectivity index (χ2v) is 17.7. The highest BCUT2D eigenvalue weighted by molar-refractivity contribution is 6.22. The number of amides is 4. The molecule has 4 amide bonds. The molecule has 0 bridgehead atoms. The van der Waals surface area contributed by atoms with Crippen LogP contribution in [0.3, 0.4) is 0 Å².